The standard InChI is InChI=1S/C15H19N3OS/c1-2-13(19-7-1)14-17-12(9-20-14)8-18-6-4-15(11-18)3-5-16-10-15/h1-2,7,9,16H,3-6,8,10-11H2. The minimum atomic E-state index is 0.542. The van der Waals surface area contributed by atoms with Crippen molar-refractivity contribution in [3.05, 3.63) is 29.5 Å². The van der Waals surface area contributed by atoms with Gasteiger partial charge in [-0.05, 0) is 43.5 Å². The first-order chi connectivity index (χ1) is 9.83. The van der Waals surface area contributed by atoms with Gasteiger partial charge in [-0.25, -0.2) is 4.98 Å². The number of hydrogen-bond acceptors (Lipinski definition) is 5. The summed E-state index contributed by atoms with van der Waals surface area (Å²) in [5, 5.41) is 6.66. The van der Waals surface area contributed by atoms with Gasteiger partial charge in [-0.2, -0.15) is 0 Å². The molecule has 2 aromatic heterocycles. The third kappa shape index (κ3) is 2.30. The highest BCUT2D eigenvalue weighted by Crippen LogP contribution is 2.36. The number of furan rings is 1. The minimum absolute atomic E-state index is 0.542. The van der Waals surface area contributed by atoms with Gasteiger partial charge in [0.1, 0.15) is 0 Å². The number of nitrogens with zero attached hydrogens (tertiary/aromatic N) is 2. The lowest BCUT2D eigenvalue weighted by Gasteiger charge is -2.22. The summed E-state index contributed by atoms with van der Waals surface area (Å²) in [5.41, 5.74) is 1.71. The van der Waals surface area contributed by atoms with E-state index in [4.69, 9.17) is 9.40 Å². The maximum absolute atomic E-state index is 5.41. The number of rotatable bonds is 3. The molecular weight excluding hydrogens is 270 g/mol. The smallest absolute Gasteiger partial charge is 0.162 e. The van der Waals surface area contributed by atoms with Crippen LogP contribution in [-0.4, -0.2) is 36.1 Å². The van der Waals surface area contributed by atoms with Crippen LogP contribution in [0.2, 0.25) is 0 Å². The predicted molar refractivity (Wildman–Crippen MR) is 79.6 cm³/mol. The van der Waals surface area contributed by atoms with Gasteiger partial charge in [0.05, 0.1) is 12.0 Å². The normalized spacial score (nSPS) is 26.8. The first-order valence-electron chi connectivity index (χ1n) is 7.24. The van der Waals surface area contributed by atoms with Crippen molar-refractivity contribution in [2.45, 2.75) is 19.4 Å². The Morgan fingerprint density at radius 1 is 1.45 bits per heavy atom. The highest BCUT2D eigenvalue weighted by Gasteiger charge is 2.40. The van der Waals surface area contributed by atoms with Gasteiger partial charge in [0.2, 0.25) is 0 Å². The van der Waals surface area contributed by atoms with E-state index in [1.807, 2.05) is 12.1 Å². The molecule has 2 aliphatic heterocycles. The Kier molecular flexibility index (Phi) is 3.13. The molecule has 1 spiro atoms. The second kappa shape index (κ2) is 4.98. The van der Waals surface area contributed by atoms with Crippen LogP contribution < -0.4 is 5.32 Å². The van der Waals surface area contributed by atoms with Gasteiger partial charge >= 0.3 is 0 Å². The zero-order chi connectivity index (χ0) is 13.4. The van der Waals surface area contributed by atoms with Crippen molar-refractivity contribution in [1.82, 2.24) is 15.2 Å². The van der Waals surface area contributed by atoms with Gasteiger partial charge in [0, 0.05) is 25.0 Å². The van der Waals surface area contributed by atoms with E-state index in [-0.39, 0.29) is 0 Å². The Labute approximate surface area is 122 Å². The molecule has 4 nitrogen and oxygen atoms in total. The summed E-state index contributed by atoms with van der Waals surface area (Å²) >= 11 is 1.67. The lowest BCUT2D eigenvalue weighted by molar-refractivity contribution is 0.267. The summed E-state index contributed by atoms with van der Waals surface area (Å²) in [6.07, 6.45) is 4.36. The first-order valence-corrected chi connectivity index (χ1v) is 8.12. The van der Waals surface area contributed by atoms with Gasteiger partial charge < -0.3 is 9.73 Å². The average Bonchev–Trinajstić information content (AvgIpc) is 3.21. The second-order valence-corrected chi connectivity index (χ2v) is 6.87. The van der Waals surface area contributed by atoms with Crippen LogP contribution in [0.25, 0.3) is 10.8 Å². The molecule has 0 aliphatic carbocycles. The molecule has 1 N–H and O–H groups in total. The molecule has 0 bridgehead atoms. The zero-order valence-corrected chi connectivity index (χ0v) is 12.3. The number of thiazole rings is 1. The summed E-state index contributed by atoms with van der Waals surface area (Å²) in [5.74, 6) is 0.874. The van der Waals surface area contributed by atoms with Gasteiger partial charge in [0.25, 0.3) is 0 Å². The number of likely N-dealkylation sites (tertiary alicyclic amines) is 1. The van der Waals surface area contributed by atoms with Crippen molar-refractivity contribution in [1.29, 1.82) is 0 Å². The fourth-order valence-corrected chi connectivity index (χ4v) is 4.21. The van der Waals surface area contributed by atoms with E-state index in [9.17, 15) is 0 Å². The lowest BCUT2D eigenvalue weighted by atomic mass is 9.87. The molecule has 2 saturated heterocycles. The Morgan fingerprint density at radius 3 is 3.25 bits per heavy atom. The molecule has 4 rings (SSSR count). The summed E-state index contributed by atoms with van der Waals surface area (Å²) in [6, 6.07) is 3.88. The molecule has 1 atom stereocenters. The molecule has 2 fully saturated rings. The van der Waals surface area contributed by atoms with Crippen molar-refractivity contribution < 1.29 is 4.42 Å². The monoisotopic (exact) mass is 289 g/mol. The molecule has 0 radical (unpaired) electrons. The topological polar surface area (TPSA) is 41.3 Å². The van der Waals surface area contributed by atoms with E-state index in [0.717, 1.165) is 17.3 Å². The van der Waals surface area contributed by atoms with Crippen molar-refractivity contribution in [3.8, 4) is 10.8 Å². The van der Waals surface area contributed by atoms with E-state index in [0.29, 0.717) is 5.41 Å². The molecule has 2 aromatic rings. The van der Waals surface area contributed by atoms with Crippen LogP contribution in [0.1, 0.15) is 18.5 Å². The Morgan fingerprint density at radius 2 is 2.45 bits per heavy atom. The number of hydrogen-bond donors (Lipinski definition) is 1. The predicted octanol–water partition coefficient (Wildman–Crippen LogP) is 2.59. The molecule has 2 aliphatic rings. The Hall–Kier alpha value is -1.17. The van der Waals surface area contributed by atoms with Gasteiger partial charge in [0.15, 0.2) is 10.8 Å². The maximum Gasteiger partial charge on any atom is 0.162 e. The van der Waals surface area contributed by atoms with Gasteiger partial charge in [-0.3, -0.25) is 4.90 Å². The van der Waals surface area contributed by atoms with Crippen LogP contribution in [0.3, 0.4) is 0 Å². The SMILES string of the molecule is c1coc(-c2nc(CN3CCC4(CCNC4)C3)cs2)c1. The van der Waals surface area contributed by atoms with Crippen molar-refractivity contribution in [3.63, 3.8) is 0 Å². The summed E-state index contributed by atoms with van der Waals surface area (Å²) in [4.78, 5) is 7.25. The largest absolute Gasteiger partial charge is 0.462 e. The summed E-state index contributed by atoms with van der Waals surface area (Å²) < 4.78 is 5.41. The van der Waals surface area contributed by atoms with Gasteiger partial charge in [-0.1, -0.05) is 0 Å². The Balaban J connectivity index is 1.43. The molecule has 0 saturated carbocycles. The van der Waals surface area contributed by atoms with E-state index >= 15 is 0 Å². The van der Waals surface area contributed by atoms with E-state index < -0.39 is 0 Å². The number of aromatic nitrogens is 1. The fourth-order valence-electron chi connectivity index (χ4n) is 3.43. The molecule has 5 heteroatoms. The van der Waals surface area contributed by atoms with Crippen LogP contribution in [0.5, 0.6) is 0 Å². The molecule has 4 heterocycles. The third-order valence-corrected chi connectivity index (χ3v) is 5.42. The van der Waals surface area contributed by atoms with Crippen molar-refractivity contribution in [2.24, 2.45) is 5.41 Å². The molecule has 0 aromatic carbocycles. The zero-order valence-electron chi connectivity index (χ0n) is 11.5. The van der Waals surface area contributed by atoms with Crippen molar-refractivity contribution in [2.75, 3.05) is 26.2 Å². The lowest BCUT2D eigenvalue weighted by Crippen LogP contribution is -2.29. The van der Waals surface area contributed by atoms with Crippen LogP contribution in [0, 0.1) is 5.41 Å². The summed E-state index contributed by atoms with van der Waals surface area (Å²) in [6.45, 7) is 5.77. The fraction of sp³-hybridized carbons (Fsp3) is 0.533. The van der Waals surface area contributed by atoms with Crippen LogP contribution >= 0.6 is 11.3 Å². The Bertz CT molecular complexity index is 572. The second-order valence-electron chi connectivity index (χ2n) is 6.01. The minimum Gasteiger partial charge on any atom is -0.462 e. The highest BCUT2D eigenvalue weighted by molar-refractivity contribution is 7.13. The van der Waals surface area contributed by atoms with Gasteiger partial charge in [-0.15, -0.1) is 11.3 Å². The van der Waals surface area contributed by atoms with Crippen LogP contribution in [-0.2, 0) is 6.54 Å². The maximum atomic E-state index is 5.41. The third-order valence-electron chi connectivity index (χ3n) is 4.52. The molecule has 20 heavy (non-hydrogen) atoms. The molecule has 1 unspecified atom stereocenters. The molecular formula is C15H19N3OS. The quantitative estimate of drug-likeness (QED) is 0.943. The first kappa shape index (κ1) is 12.6. The van der Waals surface area contributed by atoms with E-state index in [2.05, 4.69) is 15.6 Å². The molecule has 106 valence electrons. The van der Waals surface area contributed by atoms with Crippen molar-refractivity contribution >= 4 is 11.3 Å². The highest BCUT2D eigenvalue weighted by atomic mass is 32.1. The summed E-state index contributed by atoms with van der Waals surface area (Å²) in [7, 11) is 0. The average molecular weight is 289 g/mol. The molecule has 0 amide bonds. The van der Waals surface area contributed by atoms with Crippen LogP contribution in [0.4, 0.5) is 0 Å². The van der Waals surface area contributed by atoms with E-state index in [1.165, 1.54) is 44.7 Å². The van der Waals surface area contributed by atoms with E-state index in [1.54, 1.807) is 17.6 Å². The van der Waals surface area contributed by atoms with Crippen LogP contribution in [0.15, 0.2) is 28.2 Å². The number of nitrogens with one attached hydrogen (secondary N) is 1.